The number of nitrogens with one attached hydrogen (secondary N) is 1. The number of nitrogens with zero attached hydrogens (tertiary/aromatic N) is 1. The van der Waals surface area contributed by atoms with Gasteiger partial charge in [-0.3, -0.25) is 14.9 Å². The van der Waals surface area contributed by atoms with E-state index in [1.165, 1.54) is 6.26 Å². The first kappa shape index (κ1) is 18.7. The van der Waals surface area contributed by atoms with Crippen LogP contribution in [-0.4, -0.2) is 35.0 Å². The summed E-state index contributed by atoms with van der Waals surface area (Å²) in [5.74, 6) is -0.558. The van der Waals surface area contributed by atoms with Crippen LogP contribution in [0.15, 0.2) is 53.1 Å². The largest absolute Gasteiger partial charge is 0.466 e. The van der Waals surface area contributed by atoms with Crippen LogP contribution in [0.3, 0.4) is 0 Å². The minimum Gasteiger partial charge on any atom is -0.466 e. The highest BCUT2D eigenvalue weighted by Gasteiger charge is 2.17. The predicted molar refractivity (Wildman–Crippen MR) is 96.9 cm³/mol. The zero-order valence-electron chi connectivity index (χ0n) is 13.9. The van der Waals surface area contributed by atoms with Crippen molar-refractivity contribution in [3.63, 3.8) is 0 Å². The van der Waals surface area contributed by atoms with Crippen LogP contribution < -0.4 is 5.32 Å². The summed E-state index contributed by atoms with van der Waals surface area (Å²) < 4.78 is 10.0. The van der Waals surface area contributed by atoms with Crippen molar-refractivity contribution in [1.29, 1.82) is 0 Å². The summed E-state index contributed by atoms with van der Waals surface area (Å²) >= 11 is 5.34. The van der Waals surface area contributed by atoms with Gasteiger partial charge in [-0.25, -0.2) is 0 Å². The zero-order valence-corrected chi connectivity index (χ0v) is 14.8. The Bertz CT molecular complexity index is 701. The van der Waals surface area contributed by atoms with E-state index in [-0.39, 0.29) is 23.3 Å². The molecule has 0 atom stereocenters. The molecule has 0 radical (unpaired) electrons. The molecule has 25 heavy (non-hydrogen) atoms. The maximum Gasteiger partial charge on any atom is 0.307 e. The van der Waals surface area contributed by atoms with Gasteiger partial charge in [-0.15, -0.1) is 0 Å². The van der Waals surface area contributed by atoms with Gasteiger partial charge < -0.3 is 14.1 Å². The third-order valence-electron chi connectivity index (χ3n) is 3.36. The Morgan fingerprint density at radius 3 is 2.60 bits per heavy atom. The van der Waals surface area contributed by atoms with Gasteiger partial charge in [-0.05, 0) is 36.8 Å². The number of carbonyl (C=O) groups is 2. The molecule has 0 bridgehead atoms. The minimum absolute atomic E-state index is 0.174. The molecule has 0 saturated heterocycles. The Hall–Kier alpha value is -2.67. The van der Waals surface area contributed by atoms with Crippen molar-refractivity contribution in [2.75, 3.05) is 13.2 Å². The maximum atomic E-state index is 12.1. The van der Waals surface area contributed by atoms with Crippen LogP contribution >= 0.6 is 12.2 Å². The monoisotopic (exact) mass is 360 g/mol. The van der Waals surface area contributed by atoms with Gasteiger partial charge in [0.05, 0.1) is 19.3 Å². The van der Waals surface area contributed by atoms with Crippen LogP contribution in [0.2, 0.25) is 0 Å². The van der Waals surface area contributed by atoms with Crippen molar-refractivity contribution in [2.24, 2.45) is 0 Å². The molecule has 1 N–H and O–H groups in total. The number of ether oxygens (including phenoxy) is 1. The molecule has 0 spiro atoms. The van der Waals surface area contributed by atoms with Crippen LogP contribution in [0.5, 0.6) is 0 Å². The predicted octanol–water partition coefficient (Wildman–Crippen LogP) is 2.75. The molecule has 0 aliphatic carbocycles. The summed E-state index contributed by atoms with van der Waals surface area (Å²) in [5.41, 5.74) is 1.01. The summed E-state index contributed by atoms with van der Waals surface area (Å²) in [6.45, 7) is 2.90. The summed E-state index contributed by atoms with van der Waals surface area (Å²) in [6, 6.07) is 12.8. The summed E-state index contributed by atoms with van der Waals surface area (Å²) in [6.07, 6.45) is 1.60. The van der Waals surface area contributed by atoms with Gasteiger partial charge in [0, 0.05) is 13.1 Å². The molecule has 2 aromatic rings. The van der Waals surface area contributed by atoms with E-state index in [1.807, 2.05) is 30.3 Å². The average Bonchev–Trinajstić information content (AvgIpc) is 3.14. The van der Waals surface area contributed by atoms with Crippen LogP contribution in [0.1, 0.15) is 29.5 Å². The van der Waals surface area contributed by atoms with Gasteiger partial charge >= 0.3 is 5.97 Å². The van der Waals surface area contributed by atoms with E-state index in [0.29, 0.717) is 19.7 Å². The van der Waals surface area contributed by atoms with Crippen molar-refractivity contribution in [3.8, 4) is 0 Å². The van der Waals surface area contributed by atoms with Crippen LogP contribution in [0, 0.1) is 0 Å². The lowest BCUT2D eigenvalue weighted by molar-refractivity contribution is -0.143. The molecule has 0 saturated carbocycles. The van der Waals surface area contributed by atoms with Gasteiger partial charge in [-0.2, -0.15) is 0 Å². The van der Waals surface area contributed by atoms with Gasteiger partial charge in [0.15, 0.2) is 10.9 Å². The van der Waals surface area contributed by atoms with Crippen molar-refractivity contribution >= 4 is 29.2 Å². The fourth-order valence-electron chi connectivity index (χ4n) is 2.16. The molecule has 1 amide bonds. The molecule has 0 fully saturated rings. The Labute approximate surface area is 151 Å². The molecule has 0 aliphatic heterocycles. The highest BCUT2D eigenvalue weighted by molar-refractivity contribution is 7.80. The molecular weight excluding hydrogens is 340 g/mol. The molecular formula is C18H20N2O4S. The first-order valence-electron chi connectivity index (χ1n) is 7.93. The van der Waals surface area contributed by atoms with E-state index in [0.717, 1.165) is 5.56 Å². The number of esters is 1. The lowest BCUT2D eigenvalue weighted by atomic mass is 10.2. The van der Waals surface area contributed by atoms with Gasteiger partial charge in [0.2, 0.25) is 0 Å². The van der Waals surface area contributed by atoms with Gasteiger partial charge in [-0.1, -0.05) is 30.3 Å². The minimum atomic E-state index is -0.427. The second-order valence-corrected chi connectivity index (χ2v) is 5.59. The quantitative estimate of drug-likeness (QED) is 0.605. The van der Waals surface area contributed by atoms with Crippen LogP contribution in [0.4, 0.5) is 0 Å². The summed E-state index contributed by atoms with van der Waals surface area (Å²) in [4.78, 5) is 25.5. The lowest BCUT2D eigenvalue weighted by Gasteiger charge is -2.25. The maximum absolute atomic E-state index is 12.1. The van der Waals surface area contributed by atoms with Crippen LogP contribution in [-0.2, 0) is 16.1 Å². The number of hydrogen-bond donors (Lipinski definition) is 1. The number of carbonyl (C=O) groups excluding carboxylic acids is 2. The average molecular weight is 360 g/mol. The van der Waals surface area contributed by atoms with Crippen LogP contribution in [0.25, 0.3) is 0 Å². The third-order valence-corrected chi connectivity index (χ3v) is 3.72. The van der Waals surface area contributed by atoms with Crippen molar-refractivity contribution in [3.05, 3.63) is 60.1 Å². The standard InChI is InChI=1S/C18H20N2O4S/c1-2-23-16(21)10-11-20(13-14-7-4-3-5-8-14)18(25)19-17(22)15-9-6-12-24-15/h3-9,12H,2,10-11,13H2,1H3,(H,19,22,25). The smallest absolute Gasteiger partial charge is 0.307 e. The second kappa shape index (κ2) is 9.58. The SMILES string of the molecule is CCOC(=O)CCN(Cc1ccccc1)C(=S)NC(=O)c1ccco1. The molecule has 2 rings (SSSR count). The number of amides is 1. The molecule has 1 aromatic heterocycles. The fourth-order valence-corrected chi connectivity index (χ4v) is 2.41. The number of thiocarbonyl (C=S) groups is 1. The van der Waals surface area contributed by atoms with Crippen molar-refractivity contribution in [1.82, 2.24) is 10.2 Å². The number of benzene rings is 1. The van der Waals surface area contributed by atoms with E-state index in [9.17, 15) is 9.59 Å². The van der Waals surface area contributed by atoms with E-state index in [2.05, 4.69) is 5.32 Å². The normalized spacial score (nSPS) is 10.1. The van der Waals surface area contributed by atoms with Gasteiger partial charge in [0.25, 0.3) is 5.91 Å². The van der Waals surface area contributed by atoms with E-state index in [1.54, 1.807) is 24.0 Å². The Morgan fingerprint density at radius 2 is 1.96 bits per heavy atom. The number of furan rings is 1. The third kappa shape index (κ3) is 6.04. The first-order valence-corrected chi connectivity index (χ1v) is 8.34. The zero-order chi connectivity index (χ0) is 18.1. The molecule has 1 heterocycles. The number of hydrogen-bond acceptors (Lipinski definition) is 5. The molecule has 1 aromatic carbocycles. The summed E-state index contributed by atoms with van der Waals surface area (Å²) in [5, 5.41) is 2.86. The molecule has 7 heteroatoms. The lowest BCUT2D eigenvalue weighted by Crippen LogP contribution is -2.43. The molecule has 132 valence electrons. The van der Waals surface area contributed by atoms with E-state index >= 15 is 0 Å². The Kier molecular flexibility index (Phi) is 7.16. The topological polar surface area (TPSA) is 71.8 Å². The van der Waals surface area contributed by atoms with Gasteiger partial charge in [0.1, 0.15) is 0 Å². The molecule has 6 nitrogen and oxygen atoms in total. The first-order chi connectivity index (χ1) is 12.1. The second-order valence-electron chi connectivity index (χ2n) is 5.20. The van der Waals surface area contributed by atoms with E-state index < -0.39 is 5.91 Å². The van der Waals surface area contributed by atoms with Crippen molar-refractivity contribution in [2.45, 2.75) is 19.9 Å². The number of rotatable bonds is 7. The van der Waals surface area contributed by atoms with E-state index in [4.69, 9.17) is 21.4 Å². The highest BCUT2D eigenvalue weighted by atomic mass is 32.1. The highest BCUT2D eigenvalue weighted by Crippen LogP contribution is 2.07. The Balaban J connectivity index is 2.02. The van der Waals surface area contributed by atoms with Crippen molar-refractivity contribution < 1.29 is 18.7 Å². The molecule has 0 aliphatic rings. The molecule has 0 unspecified atom stereocenters. The Morgan fingerprint density at radius 1 is 1.20 bits per heavy atom. The fraction of sp³-hybridized carbons (Fsp3) is 0.278. The summed E-state index contributed by atoms with van der Waals surface area (Å²) in [7, 11) is 0.